The molecule has 10 heterocycles. The van der Waals surface area contributed by atoms with Crippen molar-refractivity contribution >= 4 is 32.8 Å². The first-order valence-corrected chi connectivity index (χ1v) is 34.4. The Hall–Kier alpha value is 1.06. The first kappa shape index (κ1) is 87.1. The van der Waals surface area contributed by atoms with Gasteiger partial charge in [0.1, 0.15) is 0 Å². The Balaban J connectivity index is 0. The monoisotopic (exact) mass is 1350 g/mol. The molecule has 10 rings (SSSR count). The van der Waals surface area contributed by atoms with E-state index in [1.165, 1.54) is 153 Å². The first-order valence-electron chi connectivity index (χ1n) is 30.8. The number of nitrogens with zero attached hydrogens (tertiary/aromatic N) is 8. The second-order valence-corrected chi connectivity index (χ2v) is 34.0. The molecule has 6 fully saturated rings. The molecule has 0 unspecified atom stereocenters. The maximum atomic E-state index is 4.94. The van der Waals surface area contributed by atoms with Gasteiger partial charge >= 0.3 is 84.1 Å². The third-order valence-corrected chi connectivity index (χ3v) is 19.9. The summed E-state index contributed by atoms with van der Waals surface area (Å²) in [5.41, 5.74) is 10.6. The van der Waals surface area contributed by atoms with E-state index >= 15 is 0 Å². The van der Waals surface area contributed by atoms with Crippen LogP contribution in [0.15, 0.2) is 0 Å². The maximum absolute atomic E-state index is 4.94. The van der Waals surface area contributed by atoms with E-state index < -0.39 is 0 Å². The Morgan fingerprint density at radius 3 is 0.405 bits per heavy atom. The molecule has 4 aromatic rings. The fourth-order valence-electron chi connectivity index (χ4n) is 6.56. The molecule has 0 spiro atoms. The van der Waals surface area contributed by atoms with Gasteiger partial charge in [-0.1, -0.05) is 199 Å². The van der Waals surface area contributed by atoms with E-state index in [0.29, 0.717) is 0 Å². The second-order valence-electron chi connectivity index (χ2n) is 29.8. The molecule has 0 aromatic carbocycles. The van der Waals surface area contributed by atoms with E-state index in [9.17, 15) is 0 Å². The Labute approximate surface area is 589 Å². The van der Waals surface area contributed by atoms with Crippen molar-refractivity contribution in [3.8, 4) is 0 Å². The van der Waals surface area contributed by atoms with Crippen LogP contribution in [0.2, 0.25) is 0 Å². The van der Waals surface area contributed by atoms with Gasteiger partial charge < -0.3 is 69.2 Å². The fraction of sp³-hybridized carbons (Fsp3) is 0.875. The molecule has 476 valence electrons. The Morgan fingerprint density at radius 2 is 0.357 bits per heavy atom. The first-order chi connectivity index (χ1) is 37.8. The molecule has 6 aliphatic heterocycles. The summed E-state index contributed by atoms with van der Waals surface area (Å²) < 4.78 is 29.7. The molecule has 0 bridgehead atoms. The van der Waals surface area contributed by atoms with Crippen molar-refractivity contribution in [1.82, 2.24) is 40.8 Å². The third-order valence-electron chi connectivity index (χ3n) is 12.1. The average Bonchev–Trinajstić information content (AvgIpc) is 4.44. The molecular formula is C64H120KN8O6P4Y. The number of rotatable bonds is 0. The minimum atomic E-state index is 0. The molecule has 0 atom stereocenters. The van der Waals surface area contributed by atoms with Gasteiger partial charge in [0.15, 0.2) is 0 Å². The van der Waals surface area contributed by atoms with Gasteiger partial charge in [0.05, 0.1) is 0 Å². The van der Waals surface area contributed by atoms with Crippen LogP contribution < -0.4 is 71.8 Å². The van der Waals surface area contributed by atoms with E-state index in [2.05, 4.69) is 207 Å². The minimum absolute atomic E-state index is 0. The summed E-state index contributed by atoms with van der Waals surface area (Å²) in [4.78, 5) is 0. The molecule has 6 saturated heterocycles. The molecule has 14 nitrogen and oxygen atoms in total. The molecule has 0 amide bonds. The van der Waals surface area contributed by atoms with Gasteiger partial charge in [0.2, 0.25) is 0 Å². The largest absolute Gasteiger partial charge is 3.00 e. The van der Waals surface area contributed by atoms with Crippen LogP contribution in [0.25, 0.3) is 0 Å². The van der Waals surface area contributed by atoms with Crippen molar-refractivity contribution < 1.29 is 113 Å². The van der Waals surface area contributed by atoms with Gasteiger partial charge in [0.25, 0.3) is 0 Å². The summed E-state index contributed by atoms with van der Waals surface area (Å²) in [5.74, 6) is 0. The van der Waals surface area contributed by atoms with Crippen molar-refractivity contribution in [3.63, 3.8) is 0 Å². The molecule has 0 radical (unpaired) electrons. The number of ether oxygens (including phenoxy) is 6. The second kappa shape index (κ2) is 43.8. The standard InChI is InChI=1S/4C10H18N2P.6C4H8O.K.Y/c4*1-9(2,3)7-11-12-8(13-7)10(4,5)6;6*1-2-4-5-3-1;;/h4*1-6H3;6*1-4H2;;/q4*-1;;;;;;;+1;+3. The molecular weight excluding hydrogens is 1230 g/mol. The normalized spacial score (nSPS) is 17.2. The van der Waals surface area contributed by atoms with Crippen LogP contribution in [-0.2, 0) is 104 Å². The molecule has 84 heavy (non-hydrogen) atoms. The van der Waals surface area contributed by atoms with Crippen LogP contribution in [0.5, 0.6) is 0 Å². The van der Waals surface area contributed by atoms with Crippen LogP contribution in [0.1, 0.15) is 287 Å². The Kier molecular flexibility index (Phi) is 45.4. The number of hydrogen-bond donors (Lipinski definition) is 0. The summed E-state index contributed by atoms with van der Waals surface area (Å²) in [6, 6.07) is 0. The van der Waals surface area contributed by atoms with Crippen molar-refractivity contribution in [2.24, 2.45) is 0 Å². The zero-order valence-corrected chi connectivity index (χ0v) is 67.9. The number of hydrogen-bond acceptors (Lipinski definition) is 10. The van der Waals surface area contributed by atoms with E-state index in [4.69, 9.17) is 28.4 Å². The van der Waals surface area contributed by atoms with E-state index in [0.717, 1.165) is 79.3 Å². The molecule has 0 aliphatic carbocycles. The predicted octanol–water partition coefficient (Wildman–Crippen LogP) is 14.6. The van der Waals surface area contributed by atoms with Gasteiger partial charge in [-0.05, 0) is 98.7 Å². The fourth-order valence-corrected chi connectivity index (χ4v) is 10.8. The van der Waals surface area contributed by atoms with E-state index in [-0.39, 0.29) is 127 Å². The predicted molar refractivity (Wildman–Crippen MR) is 350 cm³/mol. The Bertz CT molecular complexity index is 1710. The van der Waals surface area contributed by atoms with Crippen molar-refractivity contribution in [3.05, 3.63) is 43.4 Å². The van der Waals surface area contributed by atoms with Crippen molar-refractivity contribution in [1.29, 1.82) is 0 Å². The van der Waals surface area contributed by atoms with Crippen molar-refractivity contribution in [2.45, 2.75) is 287 Å². The zero-order chi connectivity index (χ0) is 62.3. The van der Waals surface area contributed by atoms with Gasteiger partial charge in [-0.25, -0.2) is 0 Å². The van der Waals surface area contributed by atoms with Crippen molar-refractivity contribution in [2.75, 3.05) is 79.3 Å². The summed E-state index contributed by atoms with van der Waals surface area (Å²) >= 11 is 0. The summed E-state index contributed by atoms with van der Waals surface area (Å²) in [6.07, 6.45) is 15.3. The summed E-state index contributed by atoms with van der Waals surface area (Å²) in [6.45, 7) is 64.3. The molecule has 20 heteroatoms. The van der Waals surface area contributed by atoms with Gasteiger partial charge in [-0.15, -0.1) is 21.7 Å². The van der Waals surface area contributed by atoms with Crippen LogP contribution in [0.3, 0.4) is 0 Å². The van der Waals surface area contributed by atoms with Gasteiger partial charge in [-0.2, -0.15) is 0 Å². The van der Waals surface area contributed by atoms with Crippen LogP contribution in [0.4, 0.5) is 0 Å². The van der Waals surface area contributed by atoms with Crippen LogP contribution in [0, 0.1) is 0 Å². The van der Waals surface area contributed by atoms with Gasteiger partial charge in [-0.3, -0.25) is 0 Å². The Morgan fingerprint density at radius 1 is 0.238 bits per heavy atom. The number of aromatic nitrogens is 8. The average molecular weight is 1350 g/mol. The smallest absolute Gasteiger partial charge is 0.574 e. The molecule has 6 aliphatic rings. The molecule has 0 saturated carbocycles. The quantitative estimate of drug-likeness (QED) is 0.153. The van der Waals surface area contributed by atoms with Crippen LogP contribution in [-0.4, -0.2) is 99.7 Å². The zero-order valence-electron chi connectivity index (χ0n) is 58.4. The molecule has 4 aromatic heterocycles. The van der Waals surface area contributed by atoms with Crippen LogP contribution >= 0.6 is 32.8 Å². The third kappa shape index (κ3) is 42.2. The topological polar surface area (TPSA) is 163 Å². The SMILES string of the molecule is C1CCOC1.C1CCOC1.C1CCOC1.C1CCOC1.C1CCOC1.C1CCOC1.CC(C)(C)c1n[n-]c(C(C)(C)C)p1.CC(C)(C)c1n[n-]c(C(C)(C)C)p1.CC(C)(C)c1n[n-]c(C(C)(C)C)p1.CC(C)(C)c1n[n-]c(C(C)(C)C)p1.[K+].[Y+3]. The minimum Gasteiger partial charge on any atom is -0.574 e. The summed E-state index contributed by atoms with van der Waals surface area (Å²) in [7, 11) is 4.84. The van der Waals surface area contributed by atoms with Gasteiger partial charge in [0, 0.05) is 123 Å². The molecule has 0 N–H and O–H groups in total. The van der Waals surface area contributed by atoms with E-state index in [1.54, 1.807) is 0 Å². The summed E-state index contributed by atoms with van der Waals surface area (Å²) in [5, 5.41) is 34.0. The van der Waals surface area contributed by atoms with E-state index in [1.807, 2.05) is 0 Å². The maximum Gasteiger partial charge on any atom is 3.00 e.